The molecule has 1 saturated carbocycles. The number of aryl methyl sites for hydroxylation is 1. The third-order valence-corrected chi connectivity index (χ3v) is 6.25. The highest BCUT2D eigenvalue weighted by molar-refractivity contribution is 5.98. The van der Waals surface area contributed by atoms with Gasteiger partial charge in [0, 0.05) is 24.0 Å². The lowest BCUT2D eigenvalue weighted by Gasteiger charge is -2.32. The molecule has 0 radical (unpaired) electrons. The second-order valence-electron chi connectivity index (χ2n) is 8.00. The molecule has 1 saturated heterocycles. The number of benzene rings is 1. The van der Waals surface area contributed by atoms with Crippen molar-refractivity contribution in [2.24, 2.45) is 12.5 Å². The third kappa shape index (κ3) is 3.05. The van der Waals surface area contributed by atoms with Gasteiger partial charge in [-0.1, -0.05) is 0 Å². The van der Waals surface area contributed by atoms with Gasteiger partial charge in [0.2, 0.25) is 0 Å². The second kappa shape index (κ2) is 6.37. The lowest BCUT2D eigenvalue weighted by Crippen LogP contribution is -2.38. The molecule has 2 aliphatic rings. The lowest BCUT2D eigenvalue weighted by molar-refractivity contribution is 0.0929. The van der Waals surface area contributed by atoms with Gasteiger partial charge in [-0.15, -0.1) is 5.10 Å². The van der Waals surface area contributed by atoms with Crippen LogP contribution in [0, 0.1) is 11.2 Å². The number of carbonyl (C=O) groups is 1. The summed E-state index contributed by atoms with van der Waals surface area (Å²) in [7, 11) is 1.85. The number of rotatable bonds is 4. The fourth-order valence-corrected chi connectivity index (χ4v) is 4.30. The van der Waals surface area contributed by atoms with Crippen LogP contribution in [-0.4, -0.2) is 55.1 Å². The second-order valence-corrected chi connectivity index (χ2v) is 8.00. The number of aromatic nitrogens is 5. The molecule has 0 bridgehead atoms. The topological polar surface area (TPSA) is 91.7 Å². The standard InChI is InChI=1S/C19H22FN7O/c1-26-17(23-24-25-26)11-27-6-4-19(5-7-27)10-16(19)22-18(28)15-9-12-8-13(20)2-3-14(12)21-15/h2-3,8-9,16,21H,4-7,10-11H2,1H3,(H,22,28). The number of nitrogens with one attached hydrogen (secondary N) is 2. The molecule has 2 fully saturated rings. The smallest absolute Gasteiger partial charge is 0.267 e. The quantitative estimate of drug-likeness (QED) is 0.714. The van der Waals surface area contributed by atoms with E-state index in [1.54, 1.807) is 16.8 Å². The molecule has 1 atom stereocenters. The summed E-state index contributed by atoms with van der Waals surface area (Å²) in [4.78, 5) is 18.1. The van der Waals surface area contributed by atoms with E-state index in [4.69, 9.17) is 0 Å². The van der Waals surface area contributed by atoms with Crippen molar-refractivity contribution < 1.29 is 9.18 Å². The van der Waals surface area contributed by atoms with E-state index in [9.17, 15) is 9.18 Å². The first-order valence-corrected chi connectivity index (χ1v) is 9.55. The van der Waals surface area contributed by atoms with E-state index in [0.717, 1.165) is 50.2 Å². The van der Waals surface area contributed by atoms with Gasteiger partial charge in [0.25, 0.3) is 5.91 Å². The Morgan fingerprint density at radius 3 is 2.93 bits per heavy atom. The van der Waals surface area contributed by atoms with Gasteiger partial charge in [0.1, 0.15) is 11.5 Å². The minimum absolute atomic E-state index is 0.119. The predicted molar refractivity (Wildman–Crippen MR) is 99.9 cm³/mol. The monoisotopic (exact) mass is 383 g/mol. The van der Waals surface area contributed by atoms with Crippen LogP contribution < -0.4 is 5.32 Å². The number of hydrogen-bond acceptors (Lipinski definition) is 5. The van der Waals surface area contributed by atoms with Crippen LogP contribution in [0.3, 0.4) is 0 Å². The molecule has 2 aromatic heterocycles. The first-order chi connectivity index (χ1) is 13.5. The van der Waals surface area contributed by atoms with Gasteiger partial charge in [0.05, 0.1) is 6.54 Å². The predicted octanol–water partition coefficient (Wildman–Crippen LogP) is 1.61. The van der Waals surface area contributed by atoms with Crippen LogP contribution in [0.5, 0.6) is 0 Å². The maximum absolute atomic E-state index is 13.3. The summed E-state index contributed by atoms with van der Waals surface area (Å²) in [5.41, 5.74) is 1.46. The van der Waals surface area contributed by atoms with Gasteiger partial charge in [-0.2, -0.15) is 0 Å². The van der Waals surface area contributed by atoms with Crippen LogP contribution >= 0.6 is 0 Å². The molecule has 1 aliphatic carbocycles. The van der Waals surface area contributed by atoms with Crippen molar-refractivity contribution in [2.75, 3.05) is 13.1 Å². The minimum Gasteiger partial charge on any atom is -0.351 e. The average molecular weight is 383 g/mol. The van der Waals surface area contributed by atoms with Crippen molar-refractivity contribution in [3.63, 3.8) is 0 Å². The number of fused-ring (bicyclic) bond motifs is 1. The molecule has 8 nitrogen and oxygen atoms in total. The number of nitrogens with zero attached hydrogens (tertiary/aromatic N) is 5. The molecular weight excluding hydrogens is 361 g/mol. The summed E-state index contributed by atoms with van der Waals surface area (Å²) < 4.78 is 15.1. The van der Waals surface area contributed by atoms with Gasteiger partial charge in [-0.25, -0.2) is 9.07 Å². The van der Waals surface area contributed by atoms with E-state index in [1.807, 2.05) is 7.05 Å². The van der Waals surface area contributed by atoms with Crippen molar-refractivity contribution in [2.45, 2.75) is 31.8 Å². The number of halogens is 1. The first kappa shape index (κ1) is 17.3. The summed E-state index contributed by atoms with van der Waals surface area (Å²) in [6, 6.07) is 6.40. The summed E-state index contributed by atoms with van der Waals surface area (Å²) in [5, 5.41) is 15.5. The Hall–Kier alpha value is -2.81. The molecule has 3 heterocycles. The van der Waals surface area contributed by atoms with Gasteiger partial charge in [0.15, 0.2) is 5.82 Å². The third-order valence-electron chi connectivity index (χ3n) is 6.25. The highest BCUT2D eigenvalue weighted by Gasteiger charge is 2.55. The Morgan fingerprint density at radius 1 is 1.36 bits per heavy atom. The first-order valence-electron chi connectivity index (χ1n) is 9.55. The van der Waals surface area contributed by atoms with Crippen molar-refractivity contribution in [1.29, 1.82) is 0 Å². The highest BCUT2D eigenvalue weighted by Crippen LogP contribution is 2.54. The zero-order valence-corrected chi connectivity index (χ0v) is 15.7. The number of aromatic amines is 1. The summed E-state index contributed by atoms with van der Waals surface area (Å²) in [5.74, 6) is 0.446. The molecule has 3 aromatic rings. The van der Waals surface area contributed by atoms with Crippen LogP contribution in [0.2, 0.25) is 0 Å². The molecule has 2 N–H and O–H groups in total. The zero-order chi connectivity index (χ0) is 19.3. The molecule has 1 aliphatic heterocycles. The zero-order valence-electron chi connectivity index (χ0n) is 15.7. The van der Waals surface area contributed by atoms with Crippen molar-refractivity contribution in [1.82, 2.24) is 35.4 Å². The molecule has 5 rings (SSSR count). The molecule has 146 valence electrons. The van der Waals surface area contributed by atoms with Crippen LogP contribution in [-0.2, 0) is 13.6 Å². The minimum atomic E-state index is -0.302. The number of tetrazole rings is 1. The maximum atomic E-state index is 13.3. The number of hydrogen-bond donors (Lipinski definition) is 2. The highest BCUT2D eigenvalue weighted by atomic mass is 19.1. The molecule has 1 spiro atoms. The van der Waals surface area contributed by atoms with E-state index in [1.165, 1.54) is 12.1 Å². The van der Waals surface area contributed by atoms with Crippen LogP contribution in [0.15, 0.2) is 24.3 Å². The Balaban J connectivity index is 1.18. The summed E-state index contributed by atoms with van der Waals surface area (Å²) >= 11 is 0. The van der Waals surface area contributed by atoms with Crippen LogP contribution in [0.25, 0.3) is 10.9 Å². The Bertz CT molecular complexity index is 1030. The SMILES string of the molecule is Cn1nnnc1CN1CCC2(CC1)CC2NC(=O)c1cc2cc(F)ccc2[nH]1. The summed E-state index contributed by atoms with van der Waals surface area (Å²) in [6.45, 7) is 2.71. The number of piperidine rings is 1. The van der Waals surface area contributed by atoms with E-state index < -0.39 is 0 Å². The maximum Gasteiger partial charge on any atom is 0.267 e. The fraction of sp³-hybridized carbons (Fsp3) is 0.474. The Labute approximate surface area is 161 Å². The Morgan fingerprint density at radius 2 is 2.18 bits per heavy atom. The van der Waals surface area contributed by atoms with E-state index in [-0.39, 0.29) is 23.2 Å². The van der Waals surface area contributed by atoms with E-state index in [0.29, 0.717) is 11.1 Å². The molecule has 1 aromatic carbocycles. The number of likely N-dealkylation sites (tertiary alicyclic amines) is 1. The van der Waals surface area contributed by atoms with Gasteiger partial charge >= 0.3 is 0 Å². The fourth-order valence-electron chi connectivity index (χ4n) is 4.30. The molecule has 9 heteroatoms. The van der Waals surface area contributed by atoms with Crippen LogP contribution in [0.1, 0.15) is 35.6 Å². The van der Waals surface area contributed by atoms with Crippen molar-refractivity contribution >= 4 is 16.8 Å². The van der Waals surface area contributed by atoms with Gasteiger partial charge in [-0.05, 0) is 72.5 Å². The van der Waals surface area contributed by atoms with Gasteiger partial charge in [-0.3, -0.25) is 9.69 Å². The molecule has 1 amide bonds. The number of H-pyrrole nitrogens is 1. The van der Waals surface area contributed by atoms with E-state index in [2.05, 4.69) is 30.7 Å². The lowest BCUT2D eigenvalue weighted by atomic mass is 9.92. The number of amides is 1. The molecule has 1 unspecified atom stereocenters. The number of carbonyl (C=O) groups excluding carboxylic acids is 1. The normalized spacial score (nSPS) is 21.3. The molecular formula is C19H22FN7O. The summed E-state index contributed by atoms with van der Waals surface area (Å²) in [6.07, 6.45) is 3.13. The average Bonchev–Trinajstić information content (AvgIpc) is 3.00. The Kier molecular flexibility index (Phi) is 3.94. The van der Waals surface area contributed by atoms with Crippen molar-refractivity contribution in [3.8, 4) is 0 Å². The molecule has 28 heavy (non-hydrogen) atoms. The van der Waals surface area contributed by atoms with Crippen molar-refractivity contribution in [3.05, 3.63) is 41.6 Å². The van der Waals surface area contributed by atoms with Crippen LogP contribution in [0.4, 0.5) is 4.39 Å². The van der Waals surface area contributed by atoms with Gasteiger partial charge < -0.3 is 10.3 Å². The largest absolute Gasteiger partial charge is 0.351 e. The van der Waals surface area contributed by atoms with E-state index >= 15 is 0 Å².